The van der Waals surface area contributed by atoms with Gasteiger partial charge < -0.3 is 21.9 Å². The predicted molar refractivity (Wildman–Crippen MR) is 135 cm³/mol. The van der Waals surface area contributed by atoms with E-state index in [2.05, 4.69) is 10.2 Å². The molecule has 0 fully saturated rings. The van der Waals surface area contributed by atoms with Crippen molar-refractivity contribution in [2.45, 2.75) is 6.54 Å². The van der Waals surface area contributed by atoms with Gasteiger partial charge in [-0.05, 0) is 72.8 Å². The van der Waals surface area contributed by atoms with Crippen LogP contribution >= 0.6 is 0 Å². The van der Waals surface area contributed by atoms with E-state index in [1.807, 2.05) is 77.6 Å². The summed E-state index contributed by atoms with van der Waals surface area (Å²) in [4.78, 5) is 4.91. The molecule has 0 saturated heterocycles. The molecule has 0 unspecified atom stereocenters. The van der Waals surface area contributed by atoms with Crippen molar-refractivity contribution in [3.05, 3.63) is 109 Å². The van der Waals surface area contributed by atoms with Crippen LogP contribution in [0, 0.1) is 5.82 Å². The Balaban J connectivity index is 0.00000320. The molecule has 0 radical (unpaired) electrons. The van der Waals surface area contributed by atoms with Crippen LogP contribution in [-0.4, -0.2) is 29.4 Å². The van der Waals surface area contributed by atoms with Crippen LogP contribution in [0.4, 0.5) is 4.39 Å². The number of aromatic nitrogens is 4. The summed E-state index contributed by atoms with van der Waals surface area (Å²) in [5.41, 5.74) is 5.04. The maximum Gasteiger partial charge on any atom is 0.182 e. The third kappa shape index (κ3) is 5.90. The molecule has 2 heterocycles. The molecule has 0 atom stereocenters. The molecule has 2 aromatic heterocycles. The van der Waals surface area contributed by atoms with E-state index in [1.54, 1.807) is 26.4 Å². The van der Waals surface area contributed by atoms with Crippen molar-refractivity contribution >= 4 is 0 Å². The first kappa shape index (κ1) is 25.7. The summed E-state index contributed by atoms with van der Waals surface area (Å²) in [5, 5.41) is 9.01. The molecule has 0 spiro atoms. The molecule has 5 rings (SSSR count). The number of hydrogen-bond acceptors (Lipinski definition) is 5. The van der Waals surface area contributed by atoms with Crippen molar-refractivity contribution in [3.63, 3.8) is 0 Å². The van der Waals surface area contributed by atoms with Crippen molar-refractivity contribution in [1.82, 2.24) is 15.2 Å². The first-order valence-electron chi connectivity index (χ1n) is 11.4. The zero-order chi connectivity index (χ0) is 24.9. The average Bonchev–Trinajstić information content (AvgIpc) is 2.94. The van der Waals surface area contributed by atoms with Gasteiger partial charge in [0.1, 0.15) is 28.7 Å². The zero-order valence-electron chi connectivity index (χ0n) is 20.3. The predicted octanol–water partition coefficient (Wildman–Crippen LogP) is 2.37. The maximum atomic E-state index is 13.2. The molecule has 37 heavy (non-hydrogen) atoms. The fourth-order valence-electron chi connectivity index (χ4n) is 3.85. The summed E-state index contributed by atoms with van der Waals surface area (Å²) < 4.78 is 25.8. The molecular formula is C29H24ClFN4O2. The largest absolute Gasteiger partial charge is 1.00 e. The van der Waals surface area contributed by atoms with Gasteiger partial charge in [-0.15, -0.1) is 10.2 Å². The van der Waals surface area contributed by atoms with Crippen LogP contribution in [0.3, 0.4) is 0 Å². The number of methoxy groups -OCH3 is 2. The number of nitrogens with zero attached hydrogens (tertiary/aromatic N) is 4. The second kappa shape index (κ2) is 11.6. The monoisotopic (exact) mass is 514 g/mol. The molecule has 0 saturated carbocycles. The third-order valence-electron chi connectivity index (χ3n) is 5.84. The van der Waals surface area contributed by atoms with Gasteiger partial charge >= 0.3 is 0 Å². The molecule has 5 aromatic rings. The number of rotatable bonds is 7. The number of ether oxygens (including phenoxy) is 2. The minimum atomic E-state index is -0.241. The number of hydrogen-bond donors (Lipinski definition) is 0. The molecule has 0 aliphatic carbocycles. The first-order valence-corrected chi connectivity index (χ1v) is 11.4. The average molecular weight is 515 g/mol. The third-order valence-corrected chi connectivity index (χ3v) is 5.84. The van der Waals surface area contributed by atoms with Gasteiger partial charge in [-0.25, -0.2) is 13.9 Å². The van der Waals surface area contributed by atoms with E-state index < -0.39 is 0 Å². The highest BCUT2D eigenvalue weighted by Gasteiger charge is 2.16. The normalized spacial score (nSPS) is 10.5. The van der Waals surface area contributed by atoms with Crippen molar-refractivity contribution in [3.8, 4) is 45.4 Å². The van der Waals surface area contributed by atoms with E-state index in [1.165, 1.54) is 12.1 Å². The molecule has 0 aliphatic heterocycles. The number of halogens is 2. The molecule has 186 valence electrons. The summed E-state index contributed by atoms with van der Waals surface area (Å²) in [7, 11) is 3.27. The van der Waals surface area contributed by atoms with Gasteiger partial charge in [-0.1, -0.05) is 0 Å². The van der Waals surface area contributed by atoms with Crippen LogP contribution in [-0.2, 0) is 6.54 Å². The Morgan fingerprint density at radius 2 is 1.19 bits per heavy atom. The highest BCUT2D eigenvalue weighted by Crippen LogP contribution is 2.31. The van der Waals surface area contributed by atoms with E-state index in [9.17, 15) is 4.39 Å². The van der Waals surface area contributed by atoms with Crippen molar-refractivity contribution < 1.29 is 30.8 Å². The smallest absolute Gasteiger partial charge is 0.182 e. The minimum Gasteiger partial charge on any atom is -1.00 e. The lowest BCUT2D eigenvalue weighted by molar-refractivity contribution is -0.688. The lowest BCUT2D eigenvalue weighted by atomic mass is 10.0. The maximum absolute atomic E-state index is 13.2. The van der Waals surface area contributed by atoms with Crippen molar-refractivity contribution in [1.29, 1.82) is 0 Å². The highest BCUT2D eigenvalue weighted by molar-refractivity contribution is 5.79. The van der Waals surface area contributed by atoms with Gasteiger partial charge in [0.2, 0.25) is 0 Å². The highest BCUT2D eigenvalue weighted by atomic mass is 35.5. The summed E-state index contributed by atoms with van der Waals surface area (Å²) >= 11 is 0. The van der Waals surface area contributed by atoms with Gasteiger partial charge in [0.15, 0.2) is 24.8 Å². The molecule has 6 nitrogen and oxygen atoms in total. The second-order valence-electron chi connectivity index (χ2n) is 8.18. The van der Waals surface area contributed by atoms with Crippen LogP contribution in [0.25, 0.3) is 33.9 Å². The topological polar surface area (TPSA) is 61.0 Å². The lowest BCUT2D eigenvalue weighted by Crippen LogP contribution is -3.00. The Morgan fingerprint density at radius 1 is 0.649 bits per heavy atom. The Bertz CT molecular complexity index is 1460. The Morgan fingerprint density at radius 3 is 1.73 bits per heavy atom. The summed E-state index contributed by atoms with van der Waals surface area (Å²) in [6.45, 7) is 0.632. The standard InChI is InChI=1S/C29H24FN4O2.ClH/c1-35-25-11-5-21(6-12-25)27-28(22-7-13-26(36-2)14-8-22)32-33-29(31-27)23-15-17-34(18-16-23)19-20-3-9-24(30)10-4-20;/h3-18H,19H2,1-2H3;1H/q+1;/p-1. The summed E-state index contributed by atoms with van der Waals surface area (Å²) in [5.74, 6) is 1.81. The number of pyridine rings is 1. The van der Waals surface area contributed by atoms with Crippen molar-refractivity contribution in [2.24, 2.45) is 0 Å². The van der Waals surface area contributed by atoms with Crippen LogP contribution in [0.15, 0.2) is 97.3 Å². The minimum absolute atomic E-state index is 0. The SMILES string of the molecule is COc1ccc(-c2nnc(-c3cc[n+](Cc4ccc(F)cc4)cc3)nc2-c2ccc(OC)cc2)cc1.[Cl-]. The van der Waals surface area contributed by atoms with E-state index in [4.69, 9.17) is 14.5 Å². The summed E-state index contributed by atoms with van der Waals surface area (Å²) in [6, 6.07) is 25.8. The summed E-state index contributed by atoms with van der Waals surface area (Å²) in [6.07, 6.45) is 3.90. The molecule has 8 heteroatoms. The molecule has 0 bridgehead atoms. The second-order valence-corrected chi connectivity index (χ2v) is 8.18. The van der Waals surface area contributed by atoms with E-state index >= 15 is 0 Å². The van der Waals surface area contributed by atoms with E-state index in [0.29, 0.717) is 18.1 Å². The molecular weight excluding hydrogens is 491 g/mol. The molecule has 0 amide bonds. The Labute approximate surface area is 220 Å². The quantitative estimate of drug-likeness (QED) is 0.312. The molecule has 3 aromatic carbocycles. The van der Waals surface area contributed by atoms with Gasteiger partial charge in [0, 0.05) is 34.4 Å². The molecule has 0 aliphatic rings. The number of benzene rings is 3. The fraction of sp³-hybridized carbons (Fsp3) is 0.103. The van der Waals surface area contributed by atoms with Gasteiger partial charge in [0.25, 0.3) is 0 Å². The van der Waals surface area contributed by atoms with Crippen LogP contribution < -0.4 is 26.4 Å². The van der Waals surface area contributed by atoms with Gasteiger partial charge in [-0.3, -0.25) is 0 Å². The lowest BCUT2D eigenvalue weighted by Gasteiger charge is -2.11. The van der Waals surface area contributed by atoms with Crippen LogP contribution in [0.5, 0.6) is 11.5 Å². The Hall–Kier alpha value is -4.36. The zero-order valence-corrected chi connectivity index (χ0v) is 21.1. The Kier molecular flexibility index (Phi) is 8.05. The van der Waals surface area contributed by atoms with E-state index in [0.717, 1.165) is 39.4 Å². The van der Waals surface area contributed by atoms with Gasteiger partial charge in [0.05, 0.1) is 14.2 Å². The first-order chi connectivity index (χ1) is 17.6. The van der Waals surface area contributed by atoms with Crippen LogP contribution in [0.2, 0.25) is 0 Å². The molecule has 0 N–H and O–H groups in total. The van der Waals surface area contributed by atoms with E-state index in [-0.39, 0.29) is 18.2 Å². The van der Waals surface area contributed by atoms with Gasteiger partial charge in [-0.2, -0.15) is 0 Å². The fourth-order valence-corrected chi connectivity index (χ4v) is 3.85. The van der Waals surface area contributed by atoms with Crippen molar-refractivity contribution in [2.75, 3.05) is 14.2 Å². The van der Waals surface area contributed by atoms with Crippen LogP contribution in [0.1, 0.15) is 5.56 Å².